The Kier molecular flexibility index (Phi) is 13.3. The fraction of sp³-hybridized carbons (Fsp3) is 0.727. The van der Waals surface area contributed by atoms with Crippen LogP contribution in [0.1, 0.15) is 96.8 Å². The maximum atomic E-state index is 13.0. The molecule has 0 aliphatic heterocycles. The van der Waals surface area contributed by atoms with Crippen LogP contribution in [0.2, 0.25) is 0 Å². The third-order valence-corrected chi connectivity index (χ3v) is 5.98. The van der Waals surface area contributed by atoms with Gasteiger partial charge in [0.2, 0.25) is 0 Å². The van der Waals surface area contributed by atoms with Crippen molar-refractivity contribution in [1.82, 2.24) is 0 Å². The summed E-state index contributed by atoms with van der Waals surface area (Å²) in [4.78, 5) is 9.56. The summed E-state index contributed by atoms with van der Waals surface area (Å²) in [6.07, 6.45) is 17.3. The van der Waals surface area contributed by atoms with E-state index in [1.54, 1.807) is 0 Å². The third-order valence-electron chi connectivity index (χ3n) is 5.16. The maximum Gasteiger partial charge on any atom is 0.332 e. The number of unbranched alkanes of at least 4 members (excludes halogenated alkanes) is 13. The fourth-order valence-corrected chi connectivity index (χ4v) is 3.88. The van der Waals surface area contributed by atoms with Crippen molar-refractivity contribution in [3.8, 4) is 5.75 Å². The Balaban J connectivity index is 2.10. The standard InChI is InChI=1S/C22H36FNO5S/c1-2-3-4-5-6-7-8-9-10-11-12-13-14-15-18-29-22-17-16-20(30(23,27)28)19-21(22)24(25)26/h16-17,19H,2-15,18H2,1H3. The molecule has 6 nitrogen and oxygen atoms in total. The van der Waals surface area contributed by atoms with Crippen molar-refractivity contribution in [3.63, 3.8) is 0 Å². The highest BCUT2D eigenvalue weighted by atomic mass is 32.3. The second-order valence-corrected chi connectivity index (χ2v) is 9.12. The monoisotopic (exact) mass is 445 g/mol. The molecule has 0 spiro atoms. The zero-order valence-corrected chi connectivity index (χ0v) is 18.9. The van der Waals surface area contributed by atoms with E-state index in [-0.39, 0.29) is 5.75 Å². The normalized spacial score (nSPS) is 11.5. The van der Waals surface area contributed by atoms with Crippen molar-refractivity contribution in [2.24, 2.45) is 0 Å². The van der Waals surface area contributed by atoms with Crippen LogP contribution in [0.4, 0.5) is 9.57 Å². The molecule has 1 aromatic carbocycles. The number of benzene rings is 1. The number of hydrogen-bond donors (Lipinski definition) is 0. The molecule has 1 rings (SSSR count). The van der Waals surface area contributed by atoms with Crippen molar-refractivity contribution >= 4 is 15.9 Å². The lowest BCUT2D eigenvalue weighted by Gasteiger charge is -2.07. The van der Waals surface area contributed by atoms with Crippen molar-refractivity contribution in [1.29, 1.82) is 0 Å². The molecule has 0 aliphatic carbocycles. The Morgan fingerprint density at radius 1 is 0.867 bits per heavy atom. The van der Waals surface area contributed by atoms with Gasteiger partial charge in [0.1, 0.15) is 4.90 Å². The Hall–Kier alpha value is -1.70. The molecule has 0 aliphatic rings. The highest BCUT2D eigenvalue weighted by Crippen LogP contribution is 2.30. The first kappa shape index (κ1) is 26.3. The van der Waals surface area contributed by atoms with E-state index >= 15 is 0 Å². The van der Waals surface area contributed by atoms with Crippen LogP contribution in [0.3, 0.4) is 0 Å². The Labute approximate surface area is 180 Å². The van der Waals surface area contributed by atoms with Gasteiger partial charge in [-0.15, -0.1) is 3.89 Å². The molecule has 0 aromatic heterocycles. The summed E-state index contributed by atoms with van der Waals surface area (Å²) < 4.78 is 40.2. The summed E-state index contributed by atoms with van der Waals surface area (Å²) in [6, 6.07) is 2.80. The van der Waals surface area contributed by atoms with E-state index in [0.717, 1.165) is 31.4 Å². The molecule has 1 aromatic rings. The molecule has 0 radical (unpaired) electrons. The van der Waals surface area contributed by atoms with Gasteiger partial charge in [-0.25, -0.2) is 0 Å². The van der Waals surface area contributed by atoms with Gasteiger partial charge < -0.3 is 4.74 Å². The van der Waals surface area contributed by atoms with Crippen LogP contribution in [0.5, 0.6) is 5.75 Å². The first-order valence-electron chi connectivity index (χ1n) is 11.2. The molecule has 8 heteroatoms. The second-order valence-electron chi connectivity index (χ2n) is 7.77. The van der Waals surface area contributed by atoms with Crippen LogP contribution in [0.15, 0.2) is 23.1 Å². The zero-order chi connectivity index (χ0) is 22.2. The molecule has 0 unspecified atom stereocenters. The lowest BCUT2D eigenvalue weighted by Crippen LogP contribution is -2.02. The maximum absolute atomic E-state index is 13.0. The minimum Gasteiger partial charge on any atom is -0.487 e. The van der Waals surface area contributed by atoms with E-state index in [1.807, 2.05) is 0 Å². The number of nitro groups is 1. The lowest BCUT2D eigenvalue weighted by molar-refractivity contribution is -0.386. The van der Waals surface area contributed by atoms with Gasteiger partial charge in [0, 0.05) is 6.07 Å². The fourth-order valence-electron chi connectivity index (χ4n) is 3.39. The second kappa shape index (κ2) is 15.2. The average molecular weight is 446 g/mol. The van der Waals surface area contributed by atoms with Gasteiger partial charge in [-0.05, 0) is 18.6 Å². The minimum absolute atomic E-state index is 0.0397. The number of halogens is 1. The minimum atomic E-state index is -4.99. The van der Waals surface area contributed by atoms with E-state index in [1.165, 1.54) is 70.6 Å². The van der Waals surface area contributed by atoms with E-state index in [4.69, 9.17) is 4.74 Å². The predicted molar refractivity (Wildman–Crippen MR) is 117 cm³/mol. The Morgan fingerprint density at radius 3 is 1.77 bits per heavy atom. The summed E-state index contributed by atoms with van der Waals surface area (Å²) in [5, 5.41) is 11.1. The van der Waals surface area contributed by atoms with Gasteiger partial charge in [0.25, 0.3) is 0 Å². The van der Waals surface area contributed by atoms with Crippen LogP contribution in [-0.2, 0) is 10.2 Å². The Morgan fingerprint density at radius 2 is 1.33 bits per heavy atom. The van der Waals surface area contributed by atoms with Gasteiger partial charge in [0.05, 0.1) is 11.5 Å². The van der Waals surface area contributed by atoms with Crippen LogP contribution in [0.25, 0.3) is 0 Å². The average Bonchev–Trinajstić information content (AvgIpc) is 2.70. The largest absolute Gasteiger partial charge is 0.487 e. The van der Waals surface area contributed by atoms with Gasteiger partial charge in [-0.1, -0.05) is 90.4 Å². The molecular formula is C22H36FNO5S. The van der Waals surface area contributed by atoms with Gasteiger partial charge >= 0.3 is 15.9 Å². The van der Waals surface area contributed by atoms with E-state index in [9.17, 15) is 22.4 Å². The quantitative estimate of drug-likeness (QED) is 0.104. The van der Waals surface area contributed by atoms with E-state index in [0.29, 0.717) is 12.7 Å². The molecule has 172 valence electrons. The molecular weight excluding hydrogens is 409 g/mol. The molecule has 0 saturated heterocycles. The summed E-state index contributed by atoms with van der Waals surface area (Å²) in [5.41, 5.74) is -0.543. The molecule has 0 amide bonds. The summed E-state index contributed by atoms with van der Waals surface area (Å²) >= 11 is 0. The molecule has 0 atom stereocenters. The van der Waals surface area contributed by atoms with E-state index < -0.39 is 25.7 Å². The van der Waals surface area contributed by atoms with Crippen LogP contribution < -0.4 is 4.74 Å². The smallest absolute Gasteiger partial charge is 0.332 e. The Bertz CT molecular complexity index is 724. The number of rotatable bonds is 18. The molecule has 0 saturated carbocycles. The van der Waals surface area contributed by atoms with Crippen molar-refractivity contribution in [2.75, 3.05) is 6.61 Å². The van der Waals surface area contributed by atoms with E-state index in [2.05, 4.69) is 6.92 Å². The first-order chi connectivity index (χ1) is 14.4. The zero-order valence-electron chi connectivity index (χ0n) is 18.1. The third kappa shape index (κ3) is 11.5. The van der Waals surface area contributed by atoms with Crippen LogP contribution >= 0.6 is 0 Å². The first-order valence-corrected chi connectivity index (χ1v) is 12.6. The number of ether oxygens (including phenoxy) is 1. The molecule has 30 heavy (non-hydrogen) atoms. The van der Waals surface area contributed by atoms with Crippen molar-refractivity contribution < 1.29 is 22.0 Å². The van der Waals surface area contributed by atoms with Gasteiger partial charge in [-0.2, -0.15) is 8.42 Å². The highest BCUT2D eigenvalue weighted by molar-refractivity contribution is 7.86. The number of nitro benzene ring substituents is 1. The predicted octanol–water partition coefficient (Wildman–Crippen LogP) is 7.11. The summed E-state index contributed by atoms with van der Waals surface area (Å²) in [5.74, 6) is -0.0397. The molecule has 0 N–H and O–H groups in total. The molecule has 0 fully saturated rings. The topological polar surface area (TPSA) is 86.5 Å². The molecule has 0 heterocycles. The van der Waals surface area contributed by atoms with Crippen LogP contribution in [0, 0.1) is 10.1 Å². The summed E-state index contributed by atoms with van der Waals surface area (Å²) in [7, 11) is -4.99. The SMILES string of the molecule is CCCCCCCCCCCCCCCCOc1ccc(S(=O)(=O)F)cc1[N+](=O)[O-]. The highest BCUT2D eigenvalue weighted by Gasteiger charge is 2.21. The number of hydrogen-bond acceptors (Lipinski definition) is 5. The molecule has 0 bridgehead atoms. The van der Waals surface area contributed by atoms with Gasteiger partial charge in [-0.3, -0.25) is 10.1 Å². The van der Waals surface area contributed by atoms with Crippen LogP contribution in [-0.4, -0.2) is 19.9 Å². The van der Waals surface area contributed by atoms with Gasteiger partial charge in [0.15, 0.2) is 5.75 Å². The number of nitrogens with zero attached hydrogens (tertiary/aromatic N) is 1. The summed E-state index contributed by atoms with van der Waals surface area (Å²) in [6.45, 7) is 2.55. The lowest BCUT2D eigenvalue weighted by atomic mass is 10.0. The van der Waals surface area contributed by atoms with Crippen molar-refractivity contribution in [2.45, 2.75) is 102 Å². The van der Waals surface area contributed by atoms with Crippen molar-refractivity contribution in [3.05, 3.63) is 28.3 Å².